The summed E-state index contributed by atoms with van der Waals surface area (Å²) in [6, 6.07) is 9.70. The molecule has 1 aliphatic rings. The zero-order valence-corrected chi connectivity index (χ0v) is 12.2. The van der Waals surface area contributed by atoms with Gasteiger partial charge in [0.1, 0.15) is 0 Å². The van der Waals surface area contributed by atoms with E-state index in [0.29, 0.717) is 0 Å². The molecule has 0 heterocycles. The Morgan fingerprint density at radius 1 is 1.25 bits per heavy atom. The van der Waals surface area contributed by atoms with E-state index in [9.17, 15) is 9.59 Å². The molecular formula is C16H21NO3. The lowest BCUT2D eigenvalue weighted by Crippen LogP contribution is -2.41. The van der Waals surface area contributed by atoms with Gasteiger partial charge in [0, 0.05) is 6.04 Å². The number of hydrogen-bond donors (Lipinski definition) is 1. The maximum atomic E-state index is 12.3. The van der Waals surface area contributed by atoms with Gasteiger partial charge in [-0.1, -0.05) is 30.3 Å². The van der Waals surface area contributed by atoms with Gasteiger partial charge in [-0.3, -0.25) is 9.59 Å². The van der Waals surface area contributed by atoms with Crippen molar-refractivity contribution in [2.75, 3.05) is 0 Å². The number of amides is 1. The van der Waals surface area contributed by atoms with Gasteiger partial charge in [-0.25, -0.2) is 0 Å². The summed E-state index contributed by atoms with van der Waals surface area (Å²) in [6.07, 6.45) is 1.27. The van der Waals surface area contributed by atoms with Crippen LogP contribution in [0.3, 0.4) is 0 Å². The van der Waals surface area contributed by atoms with Crippen LogP contribution in [-0.4, -0.2) is 24.0 Å². The van der Waals surface area contributed by atoms with Crippen LogP contribution < -0.4 is 5.32 Å². The maximum absolute atomic E-state index is 12.3. The van der Waals surface area contributed by atoms with E-state index >= 15 is 0 Å². The van der Waals surface area contributed by atoms with Crippen molar-refractivity contribution in [1.29, 1.82) is 0 Å². The second kappa shape index (κ2) is 5.65. The number of nitrogens with one attached hydrogen (secondary N) is 1. The first kappa shape index (κ1) is 14.6. The Morgan fingerprint density at radius 2 is 1.85 bits per heavy atom. The summed E-state index contributed by atoms with van der Waals surface area (Å²) in [5.41, 5.74) is 0.106. The van der Waals surface area contributed by atoms with Crippen molar-refractivity contribution >= 4 is 11.9 Å². The van der Waals surface area contributed by atoms with Crippen LogP contribution in [0.4, 0.5) is 0 Å². The Hall–Kier alpha value is -1.84. The summed E-state index contributed by atoms with van der Waals surface area (Å²) in [4.78, 5) is 24.1. The van der Waals surface area contributed by atoms with Gasteiger partial charge in [-0.2, -0.15) is 0 Å². The lowest BCUT2D eigenvalue weighted by atomic mass is 9.85. The second-order valence-corrected chi connectivity index (χ2v) is 5.82. The molecule has 0 radical (unpaired) electrons. The molecule has 0 aromatic heterocycles. The van der Waals surface area contributed by atoms with E-state index in [2.05, 4.69) is 5.32 Å². The maximum Gasteiger partial charge on any atom is 0.316 e. The molecule has 1 aliphatic carbocycles. The third kappa shape index (κ3) is 3.38. The zero-order chi connectivity index (χ0) is 14.8. The van der Waals surface area contributed by atoms with Crippen molar-refractivity contribution in [3.05, 3.63) is 35.9 Å². The van der Waals surface area contributed by atoms with Gasteiger partial charge >= 0.3 is 5.97 Å². The van der Waals surface area contributed by atoms with Crippen LogP contribution in [0.15, 0.2) is 30.3 Å². The minimum absolute atomic E-state index is 0.218. The monoisotopic (exact) mass is 275 g/mol. The molecule has 1 N–H and O–H groups in total. The molecule has 4 nitrogen and oxygen atoms in total. The Kier molecular flexibility index (Phi) is 4.12. The van der Waals surface area contributed by atoms with E-state index in [4.69, 9.17) is 4.74 Å². The molecule has 1 atom stereocenters. The minimum atomic E-state index is -0.768. The van der Waals surface area contributed by atoms with E-state index < -0.39 is 11.5 Å². The van der Waals surface area contributed by atoms with Crippen LogP contribution in [-0.2, 0) is 19.7 Å². The Bertz CT molecular complexity index is 492. The van der Waals surface area contributed by atoms with E-state index in [-0.39, 0.29) is 17.9 Å². The Labute approximate surface area is 119 Å². The standard InChI is InChI=1S/C16H21NO3/c1-11(14(18)17-13-9-10-13)20-15(19)16(2,3)12-7-5-4-6-8-12/h4-8,11,13H,9-10H2,1-3H3,(H,17,18)/t11-/m0/s1. The van der Waals surface area contributed by atoms with Gasteiger partial charge in [0.25, 0.3) is 5.91 Å². The highest BCUT2D eigenvalue weighted by Crippen LogP contribution is 2.25. The average Bonchev–Trinajstić information content (AvgIpc) is 3.23. The van der Waals surface area contributed by atoms with Crippen molar-refractivity contribution in [2.45, 2.75) is 51.2 Å². The third-order valence-electron chi connectivity index (χ3n) is 3.58. The van der Waals surface area contributed by atoms with Crippen LogP contribution in [0, 0.1) is 0 Å². The topological polar surface area (TPSA) is 55.4 Å². The minimum Gasteiger partial charge on any atom is -0.452 e. The fraction of sp³-hybridized carbons (Fsp3) is 0.500. The summed E-state index contributed by atoms with van der Waals surface area (Å²) in [5.74, 6) is -0.605. The van der Waals surface area contributed by atoms with Gasteiger partial charge < -0.3 is 10.1 Å². The second-order valence-electron chi connectivity index (χ2n) is 5.82. The lowest BCUT2D eigenvalue weighted by molar-refractivity contribution is -0.159. The van der Waals surface area contributed by atoms with E-state index in [1.165, 1.54) is 0 Å². The summed E-state index contributed by atoms with van der Waals surface area (Å²) in [5, 5.41) is 2.83. The zero-order valence-electron chi connectivity index (χ0n) is 12.2. The van der Waals surface area contributed by atoms with Gasteiger partial charge in [0.2, 0.25) is 0 Å². The number of carbonyl (C=O) groups is 2. The fourth-order valence-electron chi connectivity index (χ4n) is 1.88. The average molecular weight is 275 g/mol. The molecule has 0 saturated heterocycles. The largest absolute Gasteiger partial charge is 0.452 e. The number of benzene rings is 1. The number of ether oxygens (including phenoxy) is 1. The normalized spacial score (nSPS) is 16.4. The molecule has 0 bridgehead atoms. The molecule has 0 unspecified atom stereocenters. The van der Waals surface area contributed by atoms with Crippen molar-refractivity contribution < 1.29 is 14.3 Å². The van der Waals surface area contributed by atoms with Gasteiger partial charge in [0.15, 0.2) is 6.10 Å². The Morgan fingerprint density at radius 3 is 2.40 bits per heavy atom. The number of rotatable bonds is 5. The fourth-order valence-corrected chi connectivity index (χ4v) is 1.88. The van der Waals surface area contributed by atoms with E-state index in [0.717, 1.165) is 18.4 Å². The molecule has 1 amide bonds. The molecule has 20 heavy (non-hydrogen) atoms. The van der Waals surface area contributed by atoms with E-state index in [1.807, 2.05) is 30.3 Å². The lowest BCUT2D eigenvalue weighted by Gasteiger charge is -2.25. The molecule has 2 rings (SSSR count). The molecule has 1 aromatic carbocycles. The third-order valence-corrected chi connectivity index (χ3v) is 3.58. The number of esters is 1. The molecule has 1 saturated carbocycles. The van der Waals surface area contributed by atoms with E-state index in [1.54, 1.807) is 20.8 Å². The highest BCUT2D eigenvalue weighted by Gasteiger charge is 2.34. The first-order chi connectivity index (χ1) is 9.41. The van der Waals surface area contributed by atoms with Crippen LogP contribution >= 0.6 is 0 Å². The summed E-state index contributed by atoms with van der Waals surface area (Å²) < 4.78 is 5.31. The molecule has 0 spiro atoms. The number of carbonyl (C=O) groups excluding carboxylic acids is 2. The first-order valence-corrected chi connectivity index (χ1v) is 6.98. The summed E-state index contributed by atoms with van der Waals surface area (Å²) >= 11 is 0. The molecule has 108 valence electrons. The summed E-state index contributed by atoms with van der Waals surface area (Å²) in [6.45, 7) is 5.21. The van der Waals surface area contributed by atoms with Crippen molar-refractivity contribution in [1.82, 2.24) is 5.32 Å². The van der Waals surface area contributed by atoms with Crippen LogP contribution in [0.1, 0.15) is 39.2 Å². The SMILES string of the molecule is C[C@H](OC(=O)C(C)(C)c1ccccc1)C(=O)NC1CC1. The smallest absolute Gasteiger partial charge is 0.316 e. The molecular weight excluding hydrogens is 254 g/mol. The Balaban J connectivity index is 1.97. The van der Waals surface area contributed by atoms with Gasteiger partial charge in [0.05, 0.1) is 5.41 Å². The van der Waals surface area contributed by atoms with Crippen LogP contribution in [0.25, 0.3) is 0 Å². The number of hydrogen-bond acceptors (Lipinski definition) is 3. The molecule has 1 aromatic rings. The van der Waals surface area contributed by atoms with Crippen molar-refractivity contribution in [3.63, 3.8) is 0 Å². The predicted octanol–water partition coefficient (Wildman–Crippen LogP) is 2.17. The molecule has 0 aliphatic heterocycles. The van der Waals surface area contributed by atoms with Crippen molar-refractivity contribution in [2.24, 2.45) is 0 Å². The highest BCUT2D eigenvalue weighted by atomic mass is 16.5. The first-order valence-electron chi connectivity index (χ1n) is 6.98. The molecule has 4 heteroatoms. The van der Waals surface area contributed by atoms with Gasteiger partial charge in [-0.15, -0.1) is 0 Å². The van der Waals surface area contributed by atoms with Gasteiger partial charge in [-0.05, 0) is 39.2 Å². The molecule has 1 fully saturated rings. The highest BCUT2D eigenvalue weighted by molar-refractivity contribution is 5.87. The van der Waals surface area contributed by atoms with Crippen molar-refractivity contribution in [3.8, 4) is 0 Å². The quantitative estimate of drug-likeness (QED) is 0.838. The van der Waals surface area contributed by atoms with Crippen LogP contribution in [0.5, 0.6) is 0 Å². The predicted molar refractivity (Wildman–Crippen MR) is 76.2 cm³/mol. The van der Waals surface area contributed by atoms with Crippen LogP contribution in [0.2, 0.25) is 0 Å². The summed E-state index contributed by atoms with van der Waals surface area (Å²) in [7, 11) is 0.